The summed E-state index contributed by atoms with van der Waals surface area (Å²) in [5.74, 6) is -1.50. The van der Waals surface area contributed by atoms with Gasteiger partial charge in [0.15, 0.2) is 35.7 Å². The molecule has 0 amide bonds. The molecule has 146 heavy (non-hydrogen) atoms. The number of nitrogens with zero attached hydrogens (tertiary/aromatic N) is 7. The van der Waals surface area contributed by atoms with Gasteiger partial charge in [-0.05, 0) is 254 Å². The Morgan fingerprint density at radius 3 is 0.986 bits per heavy atom. The number of methoxy groups -OCH3 is 4. The number of hydrogen-bond donors (Lipinski definition) is 0. The van der Waals surface area contributed by atoms with Crippen LogP contribution in [0.5, 0.6) is 23.5 Å². The van der Waals surface area contributed by atoms with Gasteiger partial charge in [0.1, 0.15) is 0 Å². The van der Waals surface area contributed by atoms with Gasteiger partial charge in [-0.3, -0.25) is 14.4 Å². The average Bonchev–Trinajstić information content (AvgIpc) is 0.872. The van der Waals surface area contributed by atoms with E-state index < -0.39 is 135 Å². The molecule has 0 unspecified atom stereocenters. The number of pyridine rings is 4. The number of aromatic nitrogens is 4. The SMILES string of the molecule is C.COc1ccc(-c2cc(-c3ccc(C(C)=O)cc3C)cnc2OC)c(CC2=NO[C@H](c3cc(C(F)(F)F)cc(C(F)(F)F)c3)C2)n1.COc1ncc(-c2c(C)cc(C(C)=O)cc2C)cc1-c1ccc(C(F)(F)F)cc1CC1=NO[C@H](c2cc(C(F)(F)F)cc(C(F)(F)F)c2)[C@@H]1C.COc1ncc(-c2ccc(C(C)=O)cc2C)cc1-c1ccc(C(F)(F)F)cc1CC1=NO[C@H](c2cc(C(F)(F)F)cc(C(F)(F)F)c2)[C@@H]1C. The fourth-order valence-electron chi connectivity index (χ4n) is 17.0. The molecular weight excluding hydrogens is 1980 g/mol. The zero-order chi connectivity index (χ0) is 106. The maximum Gasteiger partial charge on any atom is 0.416 e. The monoisotopic (exact) mass is 2060 g/mol. The number of benzene rings is 8. The van der Waals surface area contributed by atoms with Gasteiger partial charge >= 0.3 is 49.4 Å². The van der Waals surface area contributed by atoms with Crippen LogP contribution in [0.3, 0.4) is 0 Å². The molecule has 0 spiro atoms. The maximum absolute atomic E-state index is 14.0. The molecule has 17 nitrogen and oxygen atoms in total. The number of alkyl halides is 24. The first-order valence-electron chi connectivity index (χ1n) is 43.6. The Labute approximate surface area is 818 Å². The van der Waals surface area contributed by atoms with Gasteiger partial charge in [0, 0.05) is 118 Å². The normalized spacial score (nSPS) is 16.0. The van der Waals surface area contributed by atoms with E-state index in [9.17, 15) is 120 Å². The number of ether oxygens (including phenoxy) is 4. The third kappa shape index (κ3) is 24.9. The van der Waals surface area contributed by atoms with Crippen LogP contribution in [0.2, 0.25) is 0 Å². The first-order valence-corrected chi connectivity index (χ1v) is 43.6. The summed E-state index contributed by atoms with van der Waals surface area (Å²) in [5.41, 5.74) is -0.0161. The molecule has 41 heteroatoms. The van der Waals surface area contributed by atoms with Crippen LogP contribution in [0.25, 0.3) is 66.8 Å². The molecule has 0 saturated heterocycles. The third-order valence-electron chi connectivity index (χ3n) is 24.4. The maximum atomic E-state index is 14.0. The number of hydrogen-bond acceptors (Lipinski definition) is 17. The van der Waals surface area contributed by atoms with Crippen molar-refractivity contribution in [3.8, 4) is 90.3 Å². The molecule has 4 aromatic heterocycles. The molecule has 0 aliphatic carbocycles. The molecule has 3 aliphatic rings. The Balaban J connectivity index is 0.000000194. The fraction of sp³-hybridized carbons (Fsp3) is 0.295. The number of carbonyl (C=O) groups is 3. The number of Topliss-reactive ketones (excluding diaryl/α,β-unsaturated/α-hetero) is 3. The van der Waals surface area contributed by atoms with Gasteiger partial charge in [0.25, 0.3) is 0 Å². The van der Waals surface area contributed by atoms with Crippen molar-refractivity contribution < 1.29 is 153 Å². The van der Waals surface area contributed by atoms with Gasteiger partial charge in [-0.15, -0.1) is 0 Å². The third-order valence-corrected chi connectivity index (χ3v) is 24.4. The molecule has 770 valence electrons. The lowest BCUT2D eigenvalue weighted by atomic mass is 9.86. The zero-order valence-corrected chi connectivity index (χ0v) is 78.4. The van der Waals surface area contributed by atoms with E-state index in [2.05, 4.69) is 35.4 Å². The molecule has 0 radical (unpaired) electrons. The van der Waals surface area contributed by atoms with Crippen molar-refractivity contribution in [2.24, 2.45) is 27.3 Å². The molecule has 3 aliphatic heterocycles. The first kappa shape index (κ1) is 110. The zero-order valence-electron chi connectivity index (χ0n) is 78.4. The number of rotatable bonds is 22. The number of oxime groups is 3. The van der Waals surface area contributed by atoms with E-state index in [4.69, 9.17) is 33.5 Å². The first-order chi connectivity index (χ1) is 67.6. The second kappa shape index (κ2) is 42.5. The van der Waals surface area contributed by atoms with Gasteiger partial charge in [-0.1, -0.05) is 73.1 Å². The standard InChI is InChI=1S/C36H29F9N2O3.C35H27F9N2O3.C33H27F6N3O4.CH4/c1-17-8-21(20(4)48)9-18(2)31(17)24-13-29(33(49-5)46-16-24)28-7-6-25(34(37,38)39)10-22(28)14-30-19(3)32(50-47-30)23-11-26(35(40,41)42)15-27(12-23)36(43,44)45;1-17-9-20(19(3)47)5-7-27(17)23-13-29(32(48-4)45-16-23)28-8-6-24(33(36,37)38)10-21(28)14-30-18(2)31(49-46-30)22-11-25(34(39,40)41)15-26(12-22)35(42,43)44;1-17-9-19(18(2)43)5-6-25(17)21-12-27(31(45-4)40-16-21)26-7-8-30(44-3)41-28(26)14-24-15-29(46-42-24)20-10-22(32(34,35)36)13-23(11-20)33(37,38)39;/h6-13,15-16,19,32H,14H2,1-5H3;5-13,15-16,18,31H,14H2,1-4H3;5-13,16,29H,14-15H2,1-4H3;1H4/t19-,32+;18-,31+;29-;/m110./s1. The van der Waals surface area contributed by atoms with Crippen LogP contribution in [-0.4, -0.2) is 82.9 Å². The minimum Gasteiger partial charge on any atom is -0.481 e. The van der Waals surface area contributed by atoms with Crippen LogP contribution >= 0.6 is 0 Å². The molecule has 15 rings (SSSR count). The van der Waals surface area contributed by atoms with Crippen LogP contribution in [0, 0.1) is 39.5 Å². The van der Waals surface area contributed by atoms with Crippen LogP contribution in [0.15, 0.2) is 204 Å². The number of halogens is 24. The Bertz CT molecular complexity index is 6980. The quantitative estimate of drug-likeness (QED) is 0.0457. The summed E-state index contributed by atoms with van der Waals surface area (Å²) >= 11 is 0. The largest absolute Gasteiger partial charge is 0.481 e. The lowest BCUT2D eigenvalue weighted by Crippen LogP contribution is -2.19. The van der Waals surface area contributed by atoms with E-state index in [0.29, 0.717) is 103 Å². The summed E-state index contributed by atoms with van der Waals surface area (Å²) in [6, 6.07) is 31.9. The summed E-state index contributed by atoms with van der Waals surface area (Å²) in [4.78, 5) is 69.6. The predicted octanol–water partition coefficient (Wildman–Crippen LogP) is 30.0. The lowest BCUT2D eigenvalue weighted by Gasteiger charge is -2.20. The minimum absolute atomic E-state index is 0. The van der Waals surface area contributed by atoms with Crippen LogP contribution in [0.1, 0.15) is 198 Å². The van der Waals surface area contributed by atoms with Crippen molar-refractivity contribution in [1.82, 2.24) is 19.9 Å². The van der Waals surface area contributed by atoms with Crippen molar-refractivity contribution in [3.63, 3.8) is 0 Å². The topological polar surface area (TPSA) is 204 Å². The van der Waals surface area contributed by atoms with Crippen LogP contribution in [-0.2, 0) is 83.2 Å². The van der Waals surface area contributed by atoms with E-state index in [0.717, 1.165) is 63.2 Å². The molecule has 0 fully saturated rings. The molecule has 5 atom stereocenters. The molecule has 0 bridgehead atoms. The summed E-state index contributed by atoms with van der Waals surface area (Å²) in [7, 11) is 5.55. The Kier molecular flexibility index (Phi) is 32.1. The Morgan fingerprint density at radius 1 is 0.329 bits per heavy atom. The van der Waals surface area contributed by atoms with E-state index in [-0.39, 0.29) is 131 Å². The van der Waals surface area contributed by atoms with E-state index in [1.165, 1.54) is 87.6 Å². The fourth-order valence-corrected chi connectivity index (χ4v) is 17.0. The van der Waals surface area contributed by atoms with Crippen molar-refractivity contribution in [1.29, 1.82) is 0 Å². The number of aryl methyl sites for hydroxylation is 4. The Hall–Kier alpha value is -14.7. The second-order valence-corrected chi connectivity index (χ2v) is 34.4. The highest BCUT2D eigenvalue weighted by Gasteiger charge is 2.46. The highest BCUT2D eigenvalue weighted by molar-refractivity contribution is 5.98. The molecule has 0 N–H and O–H groups in total. The molecule has 0 saturated carbocycles. The van der Waals surface area contributed by atoms with Gasteiger partial charge in [-0.25, -0.2) is 19.9 Å². The van der Waals surface area contributed by atoms with Crippen molar-refractivity contribution >= 4 is 34.5 Å². The smallest absolute Gasteiger partial charge is 0.416 e. The predicted molar refractivity (Wildman–Crippen MR) is 492 cm³/mol. The number of carbonyl (C=O) groups excluding carboxylic acids is 3. The lowest BCUT2D eigenvalue weighted by molar-refractivity contribution is -0.144. The Morgan fingerprint density at radius 2 is 0.651 bits per heavy atom. The van der Waals surface area contributed by atoms with Gasteiger partial charge in [-0.2, -0.15) is 105 Å². The summed E-state index contributed by atoms with van der Waals surface area (Å²) < 4.78 is 349. The van der Waals surface area contributed by atoms with Crippen molar-refractivity contribution in [3.05, 3.63) is 305 Å². The van der Waals surface area contributed by atoms with Gasteiger partial charge in [0.05, 0.1) is 95.8 Å². The van der Waals surface area contributed by atoms with Gasteiger partial charge < -0.3 is 33.5 Å². The average molecular weight is 2060 g/mol. The van der Waals surface area contributed by atoms with E-state index in [1.807, 2.05) is 19.1 Å². The summed E-state index contributed by atoms with van der Waals surface area (Å²) in [6.07, 6.45) is -39.8. The number of ketones is 3. The van der Waals surface area contributed by atoms with Gasteiger partial charge in [0.2, 0.25) is 23.5 Å². The minimum atomic E-state index is -5.09. The van der Waals surface area contributed by atoms with E-state index in [1.54, 1.807) is 93.7 Å². The summed E-state index contributed by atoms with van der Waals surface area (Å²) in [6.45, 7) is 14.5. The molecular formula is C105H87F24N7O10. The highest BCUT2D eigenvalue weighted by Crippen LogP contribution is 2.50. The van der Waals surface area contributed by atoms with Crippen molar-refractivity contribution in [2.45, 2.75) is 163 Å². The van der Waals surface area contributed by atoms with Crippen LogP contribution < -0.4 is 18.9 Å². The van der Waals surface area contributed by atoms with Crippen LogP contribution in [0.4, 0.5) is 105 Å². The molecule has 8 aromatic carbocycles. The molecule has 7 heterocycles. The molecule has 12 aromatic rings. The van der Waals surface area contributed by atoms with E-state index >= 15 is 0 Å². The second-order valence-electron chi connectivity index (χ2n) is 34.4. The highest BCUT2D eigenvalue weighted by atomic mass is 19.4. The van der Waals surface area contributed by atoms with Crippen molar-refractivity contribution in [2.75, 3.05) is 28.4 Å². The summed E-state index contributed by atoms with van der Waals surface area (Å²) in [5, 5.41) is 11.9.